The standard InChI is InChI=1S/C10H11ClN2O2/c1-3-15-9(14)5-4-8-6-12-10(11)7(2)13-8/h4-6H,3H2,1-2H3. The van der Waals surface area contributed by atoms with Gasteiger partial charge in [0.2, 0.25) is 0 Å². The maximum Gasteiger partial charge on any atom is 0.330 e. The van der Waals surface area contributed by atoms with Gasteiger partial charge in [-0.05, 0) is 19.9 Å². The minimum absolute atomic E-state index is 0.356. The number of halogens is 1. The molecule has 1 heterocycles. The molecular formula is C10H11ClN2O2. The predicted molar refractivity (Wildman–Crippen MR) is 57.4 cm³/mol. The van der Waals surface area contributed by atoms with Gasteiger partial charge in [-0.25, -0.2) is 14.8 Å². The molecule has 0 aliphatic carbocycles. The lowest BCUT2D eigenvalue weighted by Gasteiger charge is -1.97. The van der Waals surface area contributed by atoms with E-state index in [4.69, 9.17) is 16.3 Å². The first-order valence-electron chi connectivity index (χ1n) is 4.47. The Kier molecular flexibility index (Phi) is 4.24. The summed E-state index contributed by atoms with van der Waals surface area (Å²) in [6.07, 6.45) is 4.33. The quantitative estimate of drug-likeness (QED) is 0.585. The van der Waals surface area contributed by atoms with E-state index in [-0.39, 0.29) is 0 Å². The summed E-state index contributed by atoms with van der Waals surface area (Å²) in [5, 5.41) is 0.364. The second-order valence-electron chi connectivity index (χ2n) is 2.76. The van der Waals surface area contributed by atoms with Crippen LogP contribution in [0.15, 0.2) is 12.3 Å². The third kappa shape index (κ3) is 3.67. The zero-order valence-electron chi connectivity index (χ0n) is 8.53. The average molecular weight is 227 g/mol. The van der Waals surface area contributed by atoms with E-state index in [2.05, 4.69) is 9.97 Å². The number of carbonyl (C=O) groups excluding carboxylic acids is 1. The lowest BCUT2D eigenvalue weighted by molar-refractivity contribution is -0.137. The number of esters is 1. The van der Waals surface area contributed by atoms with Crippen LogP contribution in [0.1, 0.15) is 18.3 Å². The average Bonchev–Trinajstić information content (AvgIpc) is 2.20. The Labute approximate surface area is 92.9 Å². The SMILES string of the molecule is CCOC(=O)C=Cc1cnc(Cl)c(C)n1. The van der Waals surface area contributed by atoms with Crippen LogP contribution in [0.5, 0.6) is 0 Å². The Bertz CT molecular complexity index is 391. The van der Waals surface area contributed by atoms with Gasteiger partial charge in [0, 0.05) is 6.08 Å². The van der Waals surface area contributed by atoms with Crippen LogP contribution in [0.4, 0.5) is 0 Å². The van der Waals surface area contributed by atoms with Crippen molar-refractivity contribution >= 4 is 23.6 Å². The van der Waals surface area contributed by atoms with Crippen LogP contribution >= 0.6 is 11.6 Å². The van der Waals surface area contributed by atoms with Crippen molar-refractivity contribution in [1.29, 1.82) is 0 Å². The van der Waals surface area contributed by atoms with Gasteiger partial charge >= 0.3 is 5.97 Å². The fourth-order valence-corrected chi connectivity index (χ4v) is 1.00. The maximum absolute atomic E-state index is 11.0. The number of aryl methyl sites for hydroxylation is 1. The zero-order chi connectivity index (χ0) is 11.3. The van der Waals surface area contributed by atoms with Crippen LogP contribution in [0, 0.1) is 6.92 Å². The summed E-state index contributed by atoms with van der Waals surface area (Å²) in [5.74, 6) is -0.396. The first-order valence-corrected chi connectivity index (χ1v) is 4.85. The smallest absolute Gasteiger partial charge is 0.330 e. The summed E-state index contributed by atoms with van der Waals surface area (Å²) in [7, 11) is 0. The van der Waals surface area contributed by atoms with Crippen LogP contribution in [0.25, 0.3) is 6.08 Å². The van der Waals surface area contributed by atoms with Crippen LogP contribution in [0.3, 0.4) is 0 Å². The summed E-state index contributed by atoms with van der Waals surface area (Å²) in [5.41, 5.74) is 1.20. The summed E-state index contributed by atoms with van der Waals surface area (Å²) in [4.78, 5) is 19.0. The monoisotopic (exact) mass is 226 g/mol. The van der Waals surface area contributed by atoms with Gasteiger partial charge in [0.25, 0.3) is 0 Å². The fraction of sp³-hybridized carbons (Fsp3) is 0.300. The minimum Gasteiger partial charge on any atom is -0.463 e. The molecule has 0 spiro atoms. The molecule has 0 amide bonds. The molecular weight excluding hydrogens is 216 g/mol. The summed E-state index contributed by atoms with van der Waals surface area (Å²) < 4.78 is 4.72. The Morgan fingerprint density at radius 3 is 3.00 bits per heavy atom. The molecule has 0 aromatic carbocycles. The van der Waals surface area contributed by atoms with Crippen LogP contribution < -0.4 is 0 Å². The molecule has 0 atom stereocenters. The van der Waals surface area contributed by atoms with Gasteiger partial charge in [0.05, 0.1) is 24.2 Å². The Hall–Kier alpha value is -1.42. The number of aromatic nitrogens is 2. The van der Waals surface area contributed by atoms with Gasteiger partial charge in [0.15, 0.2) is 0 Å². The molecule has 0 saturated carbocycles. The second kappa shape index (κ2) is 5.46. The normalized spacial score (nSPS) is 10.6. The molecule has 5 heteroatoms. The molecule has 0 radical (unpaired) electrons. The number of nitrogens with zero attached hydrogens (tertiary/aromatic N) is 2. The van der Waals surface area contributed by atoms with Crippen molar-refractivity contribution in [2.75, 3.05) is 6.61 Å². The van der Waals surface area contributed by atoms with E-state index in [1.807, 2.05) is 0 Å². The van der Waals surface area contributed by atoms with E-state index in [9.17, 15) is 4.79 Å². The van der Waals surface area contributed by atoms with Gasteiger partial charge in [0.1, 0.15) is 5.15 Å². The Balaban J connectivity index is 2.72. The molecule has 1 aromatic heterocycles. The third-order valence-corrected chi connectivity index (χ3v) is 1.95. The summed E-state index contributed by atoms with van der Waals surface area (Å²) in [6.45, 7) is 3.85. The number of rotatable bonds is 3. The molecule has 0 fully saturated rings. The van der Waals surface area contributed by atoms with Gasteiger partial charge < -0.3 is 4.74 Å². The van der Waals surface area contributed by atoms with E-state index in [1.54, 1.807) is 13.8 Å². The summed E-state index contributed by atoms with van der Waals surface area (Å²) in [6, 6.07) is 0. The van der Waals surface area contributed by atoms with Gasteiger partial charge in [-0.2, -0.15) is 0 Å². The van der Waals surface area contributed by atoms with Crippen molar-refractivity contribution in [3.8, 4) is 0 Å². The number of carbonyl (C=O) groups is 1. The highest BCUT2D eigenvalue weighted by molar-refractivity contribution is 6.29. The highest BCUT2D eigenvalue weighted by Gasteiger charge is 1.99. The molecule has 15 heavy (non-hydrogen) atoms. The number of ether oxygens (including phenoxy) is 1. The summed E-state index contributed by atoms with van der Waals surface area (Å²) >= 11 is 5.70. The molecule has 0 aliphatic rings. The van der Waals surface area contributed by atoms with Crippen molar-refractivity contribution in [2.24, 2.45) is 0 Å². The van der Waals surface area contributed by atoms with Crippen molar-refractivity contribution in [1.82, 2.24) is 9.97 Å². The van der Waals surface area contributed by atoms with E-state index < -0.39 is 5.97 Å². The van der Waals surface area contributed by atoms with E-state index in [1.165, 1.54) is 18.3 Å². The highest BCUT2D eigenvalue weighted by Crippen LogP contribution is 2.09. The topological polar surface area (TPSA) is 52.1 Å². The highest BCUT2D eigenvalue weighted by atomic mass is 35.5. The molecule has 0 aliphatic heterocycles. The molecule has 1 rings (SSSR count). The van der Waals surface area contributed by atoms with Crippen LogP contribution in [-0.4, -0.2) is 22.5 Å². The molecule has 0 bridgehead atoms. The zero-order valence-corrected chi connectivity index (χ0v) is 9.28. The largest absolute Gasteiger partial charge is 0.463 e. The lowest BCUT2D eigenvalue weighted by atomic mass is 10.3. The van der Waals surface area contributed by atoms with Crippen molar-refractivity contribution in [2.45, 2.75) is 13.8 Å². The first-order chi connectivity index (χ1) is 7.13. The molecule has 0 unspecified atom stereocenters. The number of hydrogen-bond donors (Lipinski definition) is 0. The third-order valence-electron chi connectivity index (χ3n) is 1.58. The van der Waals surface area contributed by atoms with E-state index in [0.717, 1.165) is 0 Å². The first kappa shape index (κ1) is 11.7. The molecule has 0 saturated heterocycles. The molecule has 4 nitrogen and oxygen atoms in total. The van der Waals surface area contributed by atoms with E-state index in [0.29, 0.717) is 23.1 Å². The lowest BCUT2D eigenvalue weighted by Crippen LogP contribution is -1.99. The Morgan fingerprint density at radius 1 is 1.67 bits per heavy atom. The van der Waals surface area contributed by atoms with Crippen molar-refractivity contribution < 1.29 is 9.53 Å². The van der Waals surface area contributed by atoms with Crippen molar-refractivity contribution in [3.63, 3.8) is 0 Å². The second-order valence-corrected chi connectivity index (χ2v) is 3.11. The van der Waals surface area contributed by atoms with Crippen LogP contribution in [0.2, 0.25) is 5.15 Å². The molecule has 0 N–H and O–H groups in total. The molecule has 80 valence electrons. The fourth-order valence-electron chi connectivity index (χ4n) is 0.909. The van der Waals surface area contributed by atoms with Crippen LogP contribution in [-0.2, 0) is 9.53 Å². The van der Waals surface area contributed by atoms with Gasteiger partial charge in [-0.1, -0.05) is 11.6 Å². The van der Waals surface area contributed by atoms with Gasteiger partial charge in [-0.3, -0.25) is 0 Å². The van der Waals surface area contributed by atoms with Gasteiger partial charge in [-0.15, -0.1) is 0 Å². The predicted octanol–water partition coefficient (Wildman–Crippen LogP) is 2.01. The number of hydrogen-bond acceptors (Lipinski definition) is 4. The molecule has 1 aromatic rings. The van der Waals surface area contributed by atoms with E-state index >= 15 is 0 Å². The maximum atomic E-state index is 11.0. The van der Waals surface area contributed by atoms with Crippen molar-refractivity contribution in [3.05, 3.63) is 28.8 Å². The minimum atomic E-state index is -0.396. The Morgan fingerprint density at radius 2 is 2.40 bits per heavy atom.